The molecule has 9 nitrogen and oxygen atoms in total. The van der Waals surface area contributed by atoms with Gasteiger partial charge in [0.15, 0.2) is 18.1 Å². The van der Waals surface area contributed by atoms with Crippen molar-refractivity contribution < 1.29 is 28.2 Å². The number of anilines is 2. The first-order valence-corrected chi connectivity index (χ1v) is 15.6. The maximum atomic E-state index is 13.9. The zero-order chi connectivity index (χ0) is 31.2. The van der Waals surface area contributed by atoms with E-state index >= 15 is 0 Å². The molecule has 0 aliphatic carbocycles. The molecule has 2 aliphatic heterocycles. The van der Waals surface area contributed by atoms with E-state index < -0.39 is 34.7 Å². The highest BCUT2D eigenvalue weighted by atomic mass is 32.2. The normalized spacial score (nSPS) is 18.9. The largest absolute Gasteiger partial charge is 0.493 e. The Morgan fingerprint density at radius 3 is 2.49 bits per heavy atom. The van der Waals surface area contributed by atoms with Crippen molar-refractivity contribution in [2.24, 2.45) is 5.92 Å². The predicted octanol–water partition coefficient (Wildman–Crippen LogP) is 5.55. The summed E-state index contributed by atoms with van der Waals surface area (Å²) in [6.45, 7) is -0.281. The molecule has 45 heavy (non-hydrogen) atoms. The number of rotatable bonds is 7. The molecule has 1 aromatic heterocycles. The van der Waals surface area contributed by atoms with Gasteiger partial charge in [0.1, 0.15) is 11.1 Å². The predicted molar refractivity (Wildman–Crippen MR) is 170 cm³/mol. The van der Waals surface area contributed by atoms with Crippen molar-refractivity contribution in [1.29, 1.82) is 0 Å². The molecule has 226 valence electrons. The first-order chi connectivity index (χ1) is 21.8. The van der Waals surface area contributed by atoms with Crippen LogP contribution in [0.25, 0.3) is 10.8 Å². The first-order valence-electron chi connectivity index (χ1n) is 13.9. The minimum Gasteiger partial charge on any atom is -0.493 e. The topological polar surface area (TPSA) is 118 Å². The Labute approximate surface area is 264 Å². The fraction of sp³-hybridized carbons (Fsp3) is 0.152. The summed E-state index contributed by atoms with van der Waals surface area (Å²) in [5, 5.41) is 4.63. The molecule has 2 N–H and O–H groups in total. The summed E-state index contributed by atoms with van der Waals surface area (Å²) in [6, 6.07) is 23.7. The molecule has 2 unspecified atom stereocenters. The van der Waals surface area contributed by atoms with Gasteiger partial charge in [0.05, 0.1) is 23.7 Å². The molecule has 0 bridgehead atoms. The van der Waals surface area contributed by atoms with Crippen LogP contribution in [0, 0.1) is 11.7 Å². The number of ether oxygens (including phenoxy) is 2. The second-order valence-electron chi connectivity index (χ2n) is 10.5. The molecule has 12 heteroatoms. The van der Waals surface area contributed by atoms with Gasteiger partial charge in [-0.05, 0) is 64.9 Å². The fourth-order valence-electron chi connectivity index (χ4n) is 5.83. The number of fused-ring (bicyclic) bond motifs is 3. The molecule has 1 saturated heterocycles. The summed E-state index contributed by atoms with van der Waals surface area (Å²) in [7, 11) is 1.46. The maximum Gasteiger partial charge on any atom is 0.305 e. The summed E-state index contributed by atoms with van der Waals surface area (Å²) >= 11 is 2.14. The monoisotopic (exact) mass is 641 g/mol. The number of nitrogens with zero attached hydrogens (tertiary/aromatic N) is 1. The Morgan fingerprint density at radius 2 is 1.71 bits per heavy atom. The van der Waals surface area contributed by atoms with E-state index in [1.165, 1.54) is 31.4 Å². The lowest BCUT2D eigenvalue weighted by Gasteiger charge is -2.30. The third-order valence-corrected chi connectivity index (χ3v) is 10.2. The zero-order valence-corrected chi connectivity index (χ0v) is 25.2. The highest BCUT2D eigenvalue weighted by Crippen LogP contribution is 2.53. The molecule has 4 aromatic carbocycles. The van der Waals surface area contributed by atoms with Gasteiger partial charge in [-0.3, -0.25) is 19.2 Å². The van der Waals surface area contributed by atoms with E-state index in [2.05, 4.69) is 10.3 Å². The van der Waals surface area contributed by atoms with Crippen LogP contribution in [0.4, 0.5) is 15.8 Å². The fourth-order valence-corrected chi connectivity index (χ4v) is 8.34. The lowest BCUT2D eigenvalue weighted by Crippen LogP contribution is -2.32. The van der Waals surface area contributed by atoms with Crippen LogP contribution in [0.15, 0.2) is 94.7 Å². The van der Waals surface area contributed by atoms with E-state index in [1.54, 1.807) is 18.2 Å². The van der Waals surface area contributed by atoms with Crippen LogP contribution in [0.5, 0.6) is 11.5 Å². The number of amides is 3. The van der Waals surface area contributed by atoms with Crippen molar-refractivity contribution in [3.05, 3.63) is 111 Å². The van der Waals surface area contributed by atoms with Crippen LogP contribution >= 0.6 is 23.1 Å². The van der Waals surface area contributed by atoms with Gasteiger partial charge in [-0.2, -0.15) is 0 Å². The molecule has 7 rings (SSSR count). The standard InChI is InChI=1S/C33H24FN3O6S2/c1-42-24-15-19(7-13-23(24)43-16-25(38)35-21-10-6-17-4-2-3-5-18(17)14-21)26-27-29(44-30-28(26)45-33(41)36-30)32(40)37(31(27)39)22-11-8-20(34)9-12-22/h2-15,26-27,29H,16H2,1H3,(H,35,38)(H,36,41)/t26-,27?,29?/m1/s1. The number of carbonyl (C=O) groups is 3. The Morgan fingerprint density at radius 1 is 0.933 bits per heavy atom. The lowest BCUT2D eigenvalue weighted by molar-refractivity contribution is -0.122. The molecule has 3 amide bonds. The maximum absolute atomic E-state index is 13.9. The van der Waals surface area contributed by atoms with Crippen LogP contribution in [0.1, 0.15) is 16.4 Å². The number of carbonyl (C=O) groups excluding carboxylic acids is 3. The van der Waals surface area contributed by atoms with Gasteiger partial charge in [-0.15, -0.1) is 0 Å². The van der Waals surface area contributed by atoms with E-state index in [0.29, 0.717) is 32.7 Å². The molecule has 5 aromatic rings. The van der Waals surface area contributed by atoms with E-state index in [4.69, 9.17) is 9.47 Å². The smallest absolute Gasteiger partial charge is 0.305 e. The molecule has 3 heterocycles. The SMILES string of the molecule is COc1cc([C@H]2c3sc(=O)[nH]c3SC3C(=O)N(c4ccc(F)cc4)C(=O)C32)ccc1OCC(=O)Nc1ccc2ccccc2c1. The number of hydrogen-bond acceptors (Lipinski definition) is 8. The third kappa shape index (κ3) is 5.25. The third-order valence-electron chi connectivity index (χ3n) is 7.85. The minimum atomic E-state index is -0.823. The van der Waals surface area contributed by atoms with Crippen LogP contribution in [0.2, 0.25) is 0 Å². The number of hydrogen-bond donors (Lipinski definition) is 2. The number of halogens is 1. The van der Waals surface area contributed by atoms with Crippen molar-refractivity contribution in [3.63, 3.8) is 0 Å². The zero-order valence-electron chi connectivity index (χ0n) is 23.6. The summed E-state index contributed by atoms with van der Waals surface area (Å²) in [6.07, 6.45) is 0. The Kier molecular flexibility index (Phi) is 7.38. The average Bonchev–Trinajstić information content (AvgIpc) is 3.54. The molecule has 1 fully saturated rings. The van der Waals surface area contributed by atoms with Crippen molar-refractivity contribution in [1.82, 2.24) is 4.98 Å². The summed E-state index contributed by atoms with van der Waals surface area (Å²) in [5.74, 6) is -2.56. The Balaban J connectivity index is 1.15. The van der Waals surface area contributed by atoms with Gasteiger partial charge in [-0.25, -0.2) is 9.29 Å². The van der Waals surface area contributed by atoms with E-state index in [9.17, 15) is 23.6 Å². The van der Waals surface area contributed by atoms with Crippen LogP contribution in [0.3, 0.4) is 0 Å². The lowest BCUT2D eigenvalue weighted by atomic mass is 9.83. The highest BCUT2D eigenvalue weighted by Gasteiger charge is 2.56. The van der Waals surface area contributed by atoms with Crippen LogP contribution < -0.4 is 24.6 Å². The number of thiazole rings is 1. The van der Waals surface area contributed by atoms with Gasteiger partial charge >= 0.3 is 4.87 Å². The number of aromatic amines is 1. The number of thioether (sulfide) groups is 1. The van der Waals surface area contributed by atoms with Crippen molar-refractivity contribution in [2.45, 2.75) is 16.2 Å². The number of methoxy groups -OCH3 is 1. The molecule has 0 spiro atoms. The molecule has 2 aliphatic rings. The van der Waals surface area contributed by atoms with Gasteiger partial charge in [0, 0.05) is 16.5 Å². The molecular formula is C33H24FN3O6S2. The summed E-state index contributed by atoms with van der Waals surface area (Å²) in [5.41, 5.74) is 1.55. The number of aromatic nitrogens is 1. The van der Waals surface area contributed by atoms with E-state index in [1.807, 2.05) is 42.5 Å². The van der Waals surface area contributed by atoms with Crippen molar-refractivity contribution >= 4 is 63.0 Å². The summed E-state index contributed by atoms with van der Waals surface area (Å²) in [4.78, 5) is 56.8. The molecule has 3 atom stereocenters. The van der Waals surface area contributed by atoms with Crippen LogP contribution in [-0.2, 0) is 14.4 Å². The Bertz CT molecular complexity index is 2040. The molecule has 0 radical (unpaired) electrons. The summed E-state index contributed by atoms with van der Waals surface area (Å²) < 4.78 is 25.0. The van der Waals surface area contributed by atoms with E-state index in [-0.39, 0.29) is 23.1 Å². The van der Waals surface area contributed by atoms with Crippen molar-refractivity contribution in [3.8, 4) is 11.5 Å². The number of H-pyrrole nitrogens is 1. The highest BCUT2D eigenvalue weighted by molar-refractivity contribution is 8.00. The van der Waals surface area contributed by atoms with E-state index in [0.717, 1.165) is 38.8 Å². The first kappa shape index (κ1) is 28.8. The number of imide groups is 1. The number of benzene rings is 4. The minimum absolute atomic E-state index is 0.278. The van der Waals surface area contributed by atoms with Gasteiger partial charge < -0.3 is 19.8 Å². The number of nitrogens with one attached hydrogen (secondary N) is 2. The quantitative estimate of drug-likeness (QED) is 0.224. The Hall–Kier alpha value is -4.94. The second-order valence-corrected chi connectivity index (χ2v) is 12.7. The van der Waals surface area contributed by atoms with Crippen molar-refractivity contribution in [2.75, 3.05) is 23.9 Å². The van der Waals surface area contributed by atoms with Gasteiger partial charge in [0.2, 0.25) is 11.8 Å². The van der Waals surface area contributed by atoms with Gasteiger partial charge in [-0.1, -0.05) is 59.5 Å². The second kappa shape index (κ2) is 11.5. The van der Waals surface area contributed by atoms with Crippen LogP contribution in [-0.4, -0.2) is 41.7 Å². The molecule has 0 saturated carbocycles. The van der Waals surface area contributed by atoms with Gasteiger partial charge in [0.25, 0.3) is 5.91 Å². The average molecular weight is 642 g/mol. The molecular weight excluding hydrogens is 618 g/mol.